The van der Waals surface area contributed by atoms with Gasteiger partial charge < -0.3 is 20.7 Å². The first-order valence-electron chi connectivity index (χ1n) is 8.77. The fraction of sp³-hybridized carbons (Fsp3) is 0.556. The van der Waals surface area contributed by atoms with Crippen molar-refractivity contribution in [3.63, 3.8) is 0 Å². The van der Waals surface area contributed by atoms with Crippen molar-refractivity contribution in [3.05, 3.63) is 28.8 Å². The van der Waals surface area contributed by atoms with Crippen LogP contribution in [0.4, 0.5) is 5.69 Å². The third-order valence-corrected chi connectivity index (χ3v) is 5.38. The Hall–Kier alpha value is -1.34. The molecule has 144 valence electrons. The maximum Gasteiger partial charge on any atom is 0.255 e. The van der Waals surface area contributed by atoms with Crippen molar-refractivity contribution in [2.24, 2.45) is 17.6 Å². The molecule has 0 spiro atoms. The van der Waals surface area contributed by atoms with E-state index >= 15 is 0 Å². The summed E-state index contributed by atoms with van der Waals surface area (Å²) in [4.78, 5) is 26.7. The summed E-state index contributed by atoms with van der Waals surface area (Å²) in [7, 11) is 0. The maximum atomic E-state index is 12.5. The Labute approximate surface area is 164 Å². The van der Waals surface area contributed by atoms with Crippen LogP contribution >= 0.6 is 24.0 Å². The third-order valence-electron chi connectivity index (χ3n) is 5.06. The summed E-state index contributed by atoms with van der Waals surface area (Å²) in [6.07, 6.45) is 2.91. The molecule has 0 aromatic heterocycles. The molecule has 6 nitrogen and oxygen atoms in total. The van der Waals surface area contributed by atoms with Crippen molar-refractivity contribution in [3.8, 4) is 0 Å². The molecule has 2 aliphatic rings. The fourth-order valence-electron chi connectivity index (χ4n) is 3.60. The van der Waals surface area contributed by atoms with Gasteiger partial charge in [0.1, 0.15) is 0 Å². The number of ether oxygens (including phenoxy) is 1. The molecule has 1 aromatic rings. The first-order chi connectivity index (χ1) is 12.1. The van der Waals surface area contributed by atoms with Gasteiger partial charge in [0.25, 0.3) is 5.91 Å². The third kappa shape index (κ3) is 4.68. The van der Waals surface area contributed by atoms with Crippen LogP contribution in [0, 0.1) is 11.8 Å². The predicted octanol–water partition coefficient (Wildman–Crippen LogP) is 2.55. The van der Waals surface area contributed by atoms with E-state index in [1.54, 1.807) is 23.1 Å². The molecule has 3 N–H and O–H groups in total. The highest BCUT2D eigenvalue weighted by Gasteiger charge is 2.32. The molecule has 1 aromatic carbocycles. The summed E-state index contributed by atoms with van der Waals surface area (Å²) in [6.45, 7) is 2.75. The van der Waals surface area contributed by atoms with E-state index in [0.29, 0.717) is 49.1 Å². The van der Waals surface area contributed by atoms with Crippen molar-refractivity contribution in [2.45, 2.75) is 19.3 Å². The van der Waals surface area contributed by atoms with Gasteiger partial charge in [-0.05, 0) is 43.5 Å². The van der Waals surface area contributed by atoms with E-state index in [-0.39, 0.29) is 36.1 Å². The van der Waals surface area contributed by atoms with Gasteiger partial charge in [-0.1, -0.05) is 18.0 Å². The number of carbonyl (C=O) groups is 2. The van der Waals surface area contributed by atoms with Crippen molar-refractivity contribution < 1.29 is 14.3 Å². The van der Waals surface area contributed by atoms with Crippen LogP contribution in [0.25, 0.3) is 0 Å². The zero-order valence-electron chi connectivity index (χ0n) is 14.6. The molecule has 1 heterocycles. The Morgan fingerprint density at radius 2 is 2.00 bits per heavy atom. The van der Waals surface area contributed by atoms with E-state index in [1.165, 1.54) is 0 Å². The minimum atomic E-state index is -0.106. The zero-order chi connectivity index (χ0) is 17.8. The molecule has 1 aliphatic heterocycles. The summed E-state index contributed by atoms with van der Waals surface area (Å²) in [6, 6.07) is 5.04. The summed E-state index contributed by atoms with van der Waals surface area (Å²) in [5.41, 5.74) is 6.81. The van der Waals surface area contributed by atoms with Crippen LogP contribution in [0.5, 0.6) is 0 Å². The summed E-state index contributed by atoms with van der Waals surface area (Å²) >= 11 is 6.29. The molecule has 2 atom stereocenters. The second kappa shape index (κ2) is 9.55. The number of morpholine rings is 1. The predicted molar refractivity (Wildman–Crippen MR) is 104 cm³/mol. The molecule has 26 heavy (non-hydrogen) atoms. The highest BCUT2D eigenvalue weighted by Crippen LogP contribution is 2.32. The van der Waals surface area contributed by atoms with Crippen molar-refractivity contribution in [2.75, 3.05) is 38.2 Å². The van der Waals surface area contributed by atoms with E-state index < -0.39 is 0 Å². The van der Waals surface area contributed by atoms with Crippen LogP contribution in [0.1, 0.15) is 29.6 Å². The van der Waals surface area contributed by atoms with Crippen molar-refractivity contribution in [1.29, 1.82) is 0 Å². The SMILES string of the molecule is Cl.NC[C@H]1CCC[C@H]1C(=O)Nc1ccc(C(=O)N2CCOCC2)c(Cl)c1. The molecule has 0 radical (unpaired) electrons. The normalized spacial score (nSPS) is 22.6. The van der Waals surface area contributed by atoms with Crippen LogP contribution < -0.4 is 11.1 Å². The van der Waals surface area contributed by atoms with Gasteiger partial charge in [0, 0.05) is 24.7 Å². The number of carbonyl (C=O) groups excluding carboxylic acids is 2. The highest BCUT2D eigenvalue weighted by atomic mass is 35.5. The Morgan fingerprint density at radius 3 is 2.65 bits per heavy atom. The zero-order valence-corrected chi connectivity index (χ0v) is 16.2. The van der Waals surface area contributed by atoms with E-state index in [4.69, 9.17) is 22.1 Å². The molecule has 2 amide bonds. The van der Waals surface area contributed by atoms with Gasteiger partial charge in [-0.3, -0.25) is 9.59 Å². The molecule has 1 saturated carbocycles. The standard InChI is InChI=1S/C18H24ClN3O3.ClH/c19-16-10-13(21-17(23)14-3-1-2-12(14)11-20)4-5-15(16)18(24)22-6-8-25-9-7-22;/h4-5,10,12,14H,1-3,6-9,11,20H2,(H,21,23);1H/t12-,14-;/m1./s1. The highest BCUT2D eigenvalue weighted by molar-refractivity contribution is 6.34. The molecule has 0 unspecified atom stereocenters. The maximum absolute atomic E-state index is 12.5. The number of nitrogens with one attached hydrogen (secondary N) is 1. The number of halogens is 2. The molecule has 3 rings (SSSR count). The molecular formula is C18H25Cl2N3O3. The van der Waals surface area contributed by atoms with Gasteiger partial charge >= 0.3 is 0 Å². The first kappa shape index (κ1) is 21.0. The van der Waals surface area contributed by atoms with Crippen LogP contribution in [0.2, 0.25) is 5.02 Å². The van der Waals surface area contributed by atoms with Crippen LogP contribution in [-0.4, -0.2) is 49.6 Å². The van der Waals surface area contributed by atoms with Gasteiger partial charge in [-0.15, -0.1) is 12.4 Å². The molecule has 0 bridgehead atoms. The Morgan fingerprint density at radius 1 is 1.27 bits per heavy atom. The lowest BCUT2D eigenvalue weighted by atomic mass is 9.95. The van der Waals surface area contributed by atoms with E-state index in [0.717, 1.165) is 19.3 Å². The number of nitrogens with two attached hydrogens (primary N) is 1. The smallest absolute Gasteiger partial charge is 0.255 e. The number of nitrogens with zero attached hydrogens (tertiary/aromatic N) is 1. The van der Waals surface area contributed by atoms with Gasteiger partial charge in [0.2, 0.25) is 5.91 Å². The summed E-state index contributed by atoms with van der Waals surface area (Å²) in [5.74, 6) is 0.0810. The van der Waals surface area contributed by atoms with Crippen molar-refractivity contribution >= 4 is 41.5 Å². The monoisotopic (exact) mass is 401 g/mol. The molecule has 2 fully saturated rings. The second-order valence-corrected chi connectivity index (χ2v) is 7.03. The second-order valence-electron chi connectivity index (χ2n) is 6.62. The lowest BCUT2D eigenvalue weighted by Gasteiger charge is -2.27. The topological polar surface area (TPSA) is 84.7 Å². The number of anilines is 1. The van der Waals surface area contributed by atoms with E-state index in [2.05, 4.69) is 5.32 Å². The Bertz CT molecular complexity index is 651. The van der Waals surface area contributed by atoms with Crippen LogP contribution in [0.15, 0.2) is 18.2 Å². The number of benzene rings is 1. The van der Waals surface area contributed by atoms with E-state index in [1.807, 2.05) is 0 Å². The number of amides is 2. The largest absolute Gasteiger partial charge is 0.378 e. The average Bonchev–Trinajstić information content (AvgIpc) is 3.11. The quantitative estimate of drug-likeness (QED) is 0.811. The van der Waals surface area contributed by atoms with E-state index in [9.17, 15) is 9.59 Å². The van der Waals surface area contributed by atoms with Gasteiger partial charge in [-0.2, -0.15) is 0 Å². The number of hydrogen-bond acceptors (Lipinski definition) is 4. The van der Waals surface area contributed by atoms with Gasteiger partial charge in [0.05, 0.1) is 23.8 Å². The molecule has 1 aliphatic carbocycles. The molecular weight excluding hydrogens is 377 g/mol. The molecule has 1 saturated heterocycles. The lowest BCUT2D eigenvalue weighted by Crippen LogP contribution is -2.40. The molecule has 8 heteroatoms. The minimum Gasteiger partial charge on any atom is -0.378 e. The summed E-state index contributed by atoms with van der Waals surface area (Å²) in [5, 5.41) is 3.25. The summed E-state index contributed by atoms with van der Waals surface area (Å²) < 4.78 is 5.26. The average molecular weight is 402 g/mol. The minimum absolute atomic E-state index is 0. The van der Waals surface area contributed by atoms with Crippen LogP contribution in [0.3, 0.4) is 0 Å². The Kier molecular flexibility index (Phi) is 7.70. The number of hydrogen-bond donors (Lipinski definition) is 2. The fourth-order valence-corrected chi connectivity index (χ4v) is 3.86. The Balaban J connectivity index is 0.00000243. The van der Waals surface area contributed by atoms with Gasteiger partial charge in [-0.25, -0.2) is 0 Å². The lowest BCUT2D eigenvalue weighted by molar-refractivity contribution is -0.120. The first-order valence-corrected chi connectivity index (χ1v) is 9.15. The number of rotatable bonds is 4. The van der Waals surface area contributed by atoms with Gasteiger partial charge in [0.15, 0.2) is 0 Å². The van der Waals surface area contributed by atoms with Crippen LogP contribution in [-0.2, 0) is 9.53 Å². The van der Waals surface area contributed by atoms with Crippen molar-refractivity contribution in [1.82, 2.24) is 4.90 Å².